The molecule has 1 aliphatic carbocycles. The van der Waals surface area contributed by atoms with Gasteiger partial charge in [-0.25, -0.2) is 4.98 Å². The van der Waals surface area contributed by atoms with Crippen LogP contribution in [0.15, 0.2) is 18.3 Å². The van der Waals surface area contributed by atoms with E-state index in [0.29, 0.717) is 12.1 Å². The van der Waals surface area contributed by atoms with E-state index in [1.165, 1.54) is 31.2 Å². The minimum atomic E-state index is 0.428. The quantitative estimate of drug-likeness (QED) is 0.870. The third-order valence-corrected chi connectivity index (χ3v) is 3.63. The van der Waals surface area contributed by atoms with E-state index in [1.807, 2.05) is 6.20 Å². The number of piperidine rings is 1. The minimum absolute atomic E-state index is 0.428. The molecule has 2 unspecified atom stereocenters. The van der Waals surface area contributed by atoms with Gasteiger partial charge in [-0.3, -0.25) is 0 Å². The number of nitrogens with zero attached hydrogens (tertiary/aromatic N) is 1. The van der Waals surface area contributed by atoms with Crippen molar-refractivity contribution >= 4 is 0 Å². The van der Waals surface area contributed by atoms with Crippen molar-refractivity contribution in [2.75, 3.05) is 6.54 Å². The molecule has 3 rings (SSSR count). The van der Waals surface area contributed by atoms with Crippen molar-refractivity contribution in [2.45, 2.75) is 44.8 Å². The molecule has 0 radical (unpaired) electrons. The Kier molecular flexibility index (Phi) is 3.02. The van der Waals surface area contributed by atoms with Crippen LogP contribution in [0, 0.1) is 5.92 Å². The van der Waals surface area contributed by atoms with Crippen molar-refractivity contribution < 1.29 is 4.74 Å². The molecule has 0 amide bonds. The van der Waals surface area contributed by atoms with Crippen LogP contribution in [-0.4, -0.2) is 17.6 Å². The second-order valence-electron chi connectivity index (χ2n) is 5.39. The highest BCUT2D eigenvalue weighted by Gasteiger charge is 2.25. The van der Waals surface area contributed by atoms with Gasteiger partial charge in [0.25, 0.3) is 0 Å². The summed E-state index contributed by atoms with van der Waals surface area (Å²) >= 11 is 0. The standard InChI is InChI=1S/C14H20N2O/c1-10-2-5-13(16-9-10)11-6-7-15-14(8-11)17-12-3-4-12/h6-8,10,12-13,16H,2-5,9H2,1H3. The van der Waals surface area contributed by atoms with Crippen LogP contribution in [0.3, 0.4) is 0 Å². The van der Waals surface area contributed by atoms with Crippen LogP contribution in [0.5, 0.6) is 5.88 Å². The van der Waals surface area contributed by atoms with Crippen molar-refractivity contribution in [1.82, 2.24) is 10.3 Å². The number of ether oxygens (including phenoxy) is 1. The van der Waals surface area contributed by atoms with Crippen molar-refractivity contribution in [2.24, 2.45) is 5.92 Å². The molecule has 3 heteroatoms. The summed E-state index contributed by atoms with van der Waals surface area (Å²) in [4.78, 5) is 4.28. The maximum Gasteiger partial charge on any atom is 0.213 e. The molecule has 1 saturated heterocycles. The zero-order chi connectivity index (χ0) is 11.7. The molecular weight excluding hydrogens is 212 g/mol. The van der Waals surface area contributed by atoms with E-state index in [-0.39, 0.29) is 0 Å². The molecule has 2 aliphatic rings. The number of nitrogens with one attached hydrogen (secondary N) is 1. The van der Waals surface area contributed by atoms with E-state index < -0.39 is 0 Å². The van der Waals surface area contributed by atoms with Crippen molar-refractivity contribution in [3.63, 3.8) is 0 Å². The lowest BCUT2D eigenvalue weighted by molar-refractivity contribution is 0.288. The number of hydrogen-bond acceptors (Lipinski definition) is 3. The van der Waals surface area contributed by atoms with Crippen molar-refractivity contribution in [3.8, 4) is 5.88 Å². The van der Waals surface area contributed by atoms with E-state index in [2.05, 4.69) is 29.4 Å². The molecule has 2 fully saturated rings. The first kappa shape index (κ1) is 11.0. The van der Waals surface area contributed by atoms with Gasteiger partial charge < -0.3 is 10.1 Å². The highest BCUT2D eigenvalue weighted by atomic mass is 16.5. The average Bonchev–Trinajstić information content (AvgIpc) is 3.14. The van der Waals surface area contributed by atoms with Crippen LogP contribution in [-0.2, 0) is 0 Å². The van der Waals surface area contributed by atoms with Crippen molar-refractivity contribution in [3.05, 3.63) is 23.9 Å². The Morgan fingerprint density at radius 2 is 2.18 bits per heavy atom. The van der Waals surface area contributed by atoms with Crippen LogP contribution in [0.1, 0.15) is 44.2 Å². The number of rotatable bonds is 3. The molecular formula is C14H20N2O. The molecule has 92 valence electrons. The molecule has 1 N–H and O–H groups in total. The summed E-state index contributed by atoms with van der Waals surface area (Å²) in [6.45, 7) is 3.42. The van der Waals surface area contributed by atoms with Gasteiger partial charge in [-0.15, -0.1) is 0 Å². The summed E-state index contributed by atoms with van der Waals surface area (Å²) in [6.07, 6.45) is 7.19. The molecule has 0 bridgehead atoms. The van der Waals surface area contributed by atoms with Gasteiger partial charge in [-0.1, -0.05) is 6.92 Å². The molecule has 3 nitrogen and oxygen atoms in total. The summed E-state index contributed by atoms with van der Waals surface area (Å²) in [5, 5.41) is 3.60. The SMILES string of the molecule is CC1CCC(c2ccnc(OC3CC3)c2)NC1. The zero-order valence-electron chi connectivity index (χ0n) is 10.4. The van der Waals surface area contributed by atoms with Gasteiger partial charge >= 0.3 is 0 Å². The molecule has 1 saturated carbocycles. The van der Waals surface area contributed by atoms with Crippen LogP contribution in [0.2, 0.25) is 0 Å². The summed E-state index contributed by atoms with van der Waals surface area (Å²) in [5.74, 6) is 1.60. The van der Waals surface area contributed by atoms with E-state index in [9.17, 15) is 0 Å². The molecule has 1 aromatic rings. The topological polar surface area (TPSA) is 34.1 Å². The Morgan fingerprint density at radius 3 is 2.88 bits per heavy atom. The molecule has 0 spiro atoms. The van der Waals surface area contributed by atoms with E-state index in [4.69, 9.17) is 4.74 Å². The summed E-state index contributed by atoms with van der Waals surface area (Å²) in [7, 11) is 0. The van der Waals surface area contributed by atoms with Gasteiger partial charge in [0.15, 0.2) is 0 Å². The lowest BCUT2D eigenvalue weighted by Crippen LogP contribution is -2.31. The monoisotopic (exact) mass is 232 g/mol. The molecule has 2 atom stereocenters. The zero-order valence-corrected chi connectivity index (χ0v) is 10.4. The fraction of sp³-hybridized carbons (Fsp3) is 0.643. The second kappa shape index (κ2) is 4.65. The van der Waals surface area contributed by atoms with Gasteiger partial charge in [0.1, 0.15) is 6.10 Å². The Bertz CT molecular complexity index is 382. The highest BCUT2D eigenvalue weighted by molar-refractivity contribution is 5.24. The smallest absolute Gasteiger partial charge is 0.213 e. The number of aromatic nitrogens is 1. The van der Waals surface area contributed by atoms with Gasteiger partial charge in [0.2, 0.25) is 5.88 Å². The predicted octanol–water partition coefficient (Wildman–Crippen LogP) is 2.68. The number of hydrogen-bond donors (Lipinski definition) is 1. The summed E-state index contributed by atoms with van der Waals surface area (Å²) in [5.41, 5.74) is 1.32. The van der Waals surface area contributed by atoms with Crippen LogP contribution < -0.4 is 10.1 Å². The van der Waals surface area contributed by atoms with Gasteiger partial charge in [-0.05, 0) is 49.8 Å². The third kappa shape index (κ3) is 2.78. The lowest BCUT2D eigenvalue weighted by atomic mass is 9.92. The van der Waals surface area contributed by atoms with Gasteiger partial charge in [-0.2, -0.15) is 0 Å². The molecule has 1 aromatic heterocycles. The molecule has 1 aliphatic heterocycles. The fourth-order valence-corrected chi connectivity index (χ4v) is 2.35. The Hall–Kier alpha value is -1.09. The van der Waals surface area contributed by atoms with E-state index >= 15 is 0 Å². The Balaban J connectivity index is 1.68. The Morgan fingerprint density at radius 1 is 1.29 bits per heavy atom. The van der Waals surface area contributed by atoms with Crippen LogP contribution in [0.25, 0.3) is 0 Å². The summed E-state index contributed by atoms with van der Waals surface area (Å²) < 4.78 is 5.74. The normalized spacial score (nSPS) is 29.0. The van der Waals surface area contributed by atoms with E-state index in [1.54, 1.807) is 0 Å². The summed E-state index contributed by atoms with van der Waals surface area (Å²) in [6, 6.07) is 4.69. The third-order valence-electron chi connectivity index (χ3n) is 3.63. The van der Waals surface area contributed by atoms with Crippen LogP contribution >= 0.6 is 0 Å². The molecule has 0 aromatic carbocycles. The largest absolute Gasteiger partial charge is 0.474 e. The fourth-order valence-electron chi connectivity index (χ4n) is 2.35. The number of pyridine rings is 1. The maximum absolute atomic E-state index is 5.74. The predicted molar refractivity (Wildman–Crippen MR) is 67.0 cm³/mol. The first-order chi connectivity index (χ1) is 8.31. The average molecular weight is 232 g/mol. The molecule has 2 heterocycles. The van der Waals surface area contributed by atoms with Crippen molar-refractivity contribution in [1.29, 1.82) is 0 Å². The Labute approximate surface area is 103 Å². The first-order valence-electron chi connectivity index (χ1n) is 6.67. The second-order valence-corrected chi connectivity index (χ2v) is 5.39. The van der Waals surface area contributed by atoms with E-state index in [0.717, 1.165) is 18.3 Å². The minimum Gasteiger partial charge on any atom is -0.474 e. The maximum atomic E-state index is 5.74. The molecule has 17 heavy (non-hydrogen) atoms. The lowest BCUT2D eigenvalue weighted by Gasteiger charge is -2.28. The van der Waals surface area contributed by atoms with Gasteiger partial charge in [0.05, 0.1) is 0 Å². The highest BCUT2D eigenvalue weighted by Crippen LogP contribution is 2.29. The van der Waals surface area contributed by atoms with Gasteiger partial charge in [0, 0.05) is 18.3 Å². The first-order valence-corrected chi connectivity index (χ1v) is 6.67. The van der Waals surface area contributed by atoms with Crippen LogP contribution in [0.4, 0.5) is 0 Å².